The van der Waals surface area contributed by atoms with Gasteiger partial charge in [0.2, 0.25) is 10.0 Å². The SMILES string of the molecule is Cc1c(N)cc(S(=O)(=O)NCCc2ccc(Br)s2)cc1Cl. The van der Waals surface area contributed by atoms with Gasteiger partial charge in [0, 0.05) is 22.1 Å². The van der Waals surface area contributed by atoms with Crippen LogP contribution in [-0.4, -0.2) is 15.0 Å². The van der Waals surface area contributed by atoms with Crippen molar-refractivity contribution in [3.8, 4) is 0 Å². The number of hydrogen-bond acceptors (Lipinski definition) is 4. The fourth-order valence-corrected chi connectivity index (χ4v) is 4.57. The number of rotatable bonds is 5. The lowest BCUT2D eigenvalue weighted by Gasteiger charge is -2.09. The van der Waals surface area contributed by atoms with Crippen LogP contribution in [0.1, 0.15) is 10.4 Å². The zero-order valence-corrected chi connectivity index (χ0v) is 15.2. The van der Waals surface area contributed by atoms with E-state index in [4.69, 9.17) is 17.3 Å². The molecule has 0 amide bonds. The highest BCUT2D eigenvalue weighted by Crippen LogP contribution is 2.26. The first-order valence-electron chi connectivity index (χ1n) is 6.09. The Morgan fingerprint density at radius 2 is 2.10 bits per heavy atom. The van der Waals surface area contributed by atoms with Gasteiger partial charge in [-0.2, -0.15) is 0 Å². The number of sulfonamides is 1. The quantitative estimate of drug-likeness (QED) is 0.741. The Morgan fingerprint density at radius 1 is 1.38 bits per heavy atom. The van der Waals surface area contributed by atoms with Gasteiger partial charge in [0.05, 0.1) is 8.68 Å². The minimum atomic E-state index is -3.61. The van der Waals surface area contributed by atoms with Gasteiger partial charge in [0.1, 0.15) is 0 Å². The van der Waals surface area contributed by atoms with Crippen LogP contribution in [0.3, 0.4) is 0 Å². The molecule has 0 aliphatic carbocycles. The topological polar surface area (TPSA) is 72.2 Å². The van der Waals surface area contributed by atoms with E-state index < -0.39 is 10.0 Å². The second-order valence-electron chi connectivity index (χ2n) is 4.47. The molecule has 2 rings (SSSR count). The van der Waals surface area contributed by atoms with Crippen LogP contribution in [0.2, 0.25) is 5.02 Å². The van der Waals surface area contributed by atoms with Gasteiger partial charge in [-0.3, -0.25) is 0 Å². The molecule has 8 heteroatoms. The number of nitrogens with two attached hydrogens (primary N) is 1. The lowest BCUT2D eigenvalue weighted by atomic mass is 10.2. The lowest BCUT2D eigenvalue weighted by molar-refractivity contribution is 0.582. The van der Waals surface area contributed by atoms with Crippen molar-refractivity contribution >= 4 is 54.6 Å². The Balaban J connectivity index is 2.08. The Kier molecular flexibility index (Phi) is 5.32. The Bertz CT molecular complexity index is 736. The van der Waals surface area contributed by atoms with Gasteiger partial charge in [0.25, 0.3) is 0 Å². The van der Waals surface area contributed by atoms with Gasteiger partial charge in [-0.25, -0.2) is 13.1 Å². The number of anilines is 1. The van der Waals surface area contributed by atoms with E-state index in [0.29, 0.717) is 29.2 Å². The van der Waals surface area contributed by atoms with E-state index in [0.717, 1.165) is 8.66 Å². The lowest BCUT2D eigenvalue weighted by Crippen LogP contribution is -2.26. The number of benzene rings is 1. The molecular weight excluding hydrogens is 396 g/mol. The van der Waals surface area contributed by atoms with Crippen molar-refractivity contribution in [2.45, 2.75) is 18.2 Å². The minimum Gasteiger partial charge on any atom is -0.398 e. The van der Waals surface area contributed by atoms with Gasteiger partial charge in [0.15, 0.2) is 0 Å². The molecule has 0 radical (unpaired) electrons. The molecule has 0 saturated carbocycles. The summed E-state index contributed by atoms with van der Waals surface area (Å²) < 4.78 is 28.0. The van der Waals surface area contributed by atoms with Gasteiger partial charge in [-0.15, -0.1) is 11.3 Å². The normalized spacial score (nSPS) is 11.8. The molecule has 0 spiro atoms. The number of thiophene rings is 1. The summed E-state index contributed by atoms with van der Waals surface area (Å²) in [6, 6.07) is 6.74. The third-order valence-corrected chi connectivity index (χ3v) is 6.48. The molecule has 21 heavy (non-hydrogen) atoms. The predicted molar refractivity (Wildman–Crippen MR) is 91.5 cm³/mol. The summed E-state index contributed by atoms with van der Waals surface area (Å²) in [5.41, 5.74) is 6.81. The number of nitrogen functional groups attached to an aromatic ring is 1. The van der Waals surface area contributed by atoms with Crippen molar-refractivity contribution in [3.05, 3.63) is 43.5 Å². The van der Waals surface area contributed by atoms with Gasteiger partial charge in [-0.1, -0.05) is 11.6 Å². The molecule has 3 N–H and O–H groups in total. The van der Waals surface area contributed by atoms with Crippen LogP contribution >= 0.6 is 38.9 Å². The maximum Gasteiger partial charge on any atom is 0.240 e. The maximum absolute atomic E-state index is 12.2. The molecule has 1 aromatic carbocycles. The van der Waals surface area contributed by atoms with Crippen LogP contribution in [0, 0.1) is 6.92 Å². The van der Waals surface area contributed by atoms with E-state index in [2.05, 4.69) is 20.7 Å². The summed E-state index contributed by atoms with van der Waals surface area (Å²) in [7, 11) is -3.61. The van der Waals surface area contributed by atoms with Gasteiger partial charge < -0.3 is 5.73 Å². The second kappa shape index (κ2) is 6.66. The molecule has 0 bridgehead atoms. The molecule has 0 atom stereocenters. The molecule has 0 aliphatic rings. The zero-order valence-electron chi connectivity index (χ0n) is 11.2. The number of hydrogen-bond donors (Lipinski definition) is 2. The summed E-state index contributed by atoms with van der Waals surface area (Å²) in [6.07, 6.45) is 0.630. The first-order chi connectivity index (χ1) is 9.79. The summed E-state index contributed by atoms with van der Waals surface area (Å²) in [5, 5.41) is 0.345. The summed E-state index contributed by atoms with van der Waals surface area (Å²) in [5.74, 6) is 0. The van der Waals surface area contributed by atoms with Crippen molar-refractivity contribution in [2.24, 2.45) is 0 Å². The van der Waals surface area contributed by atoms with Crippen molar-refractivity contribution in [1.82, 2.24) is 4.72 Å². The Hall–Kier alpha value is -0.600. The van der Waals surface area contributed by atoms with E-state index in [9.17, 15) is 8.42 Å². The summed E-state index contributed by atoms with van der Waals surface area (Å²) >= 11 is 10.9. The second-order valence-corrected chi connectivity index (χ2v) is 9.19. The Morgan fingerprint density at radius 3 is 2.67 bits per heavy atom. The molecule has 2 aromatic rings. The maximum atomic E-state index is 12.2. The average molecular weight is 410 g/mol. The monoisotopic (exact) mass is 408 g/mol. The van der Waals surface area contributed by atoms with Crippen LogP contribution in [0.15, 0.2) is 32.9 Å². The standard InChI is InChI=1S/C13H14BrClN2O2S2/c1-8-11(15)6-10(7-12(8)16)21(18,19)17-5-4-9-2-3-13(14)20-9/h2-3,6-7,17H,4-5,16H2,1H3. The van der Waals surface area contributed by atoms with Crippen molar-refractivity contribution in [3.63, 3.8) is 0 Å². The van der Waals surface area contributed by atoms with Crippen LogP contribution in [0.5, 0.6) is 0 Å². The zero-order chi connectivity index (χ0) is 15.6. The van der Waals surface area contributed by atoms with Crippen molar-refractivity contribution in [2.75, 3.05) is 12.3 Å². The van der Waals surface area contributed by atoms with E-state index in [1.54, 1.807) is 18.3 Å². The highest BCUT2D eigenvalue weighted by molar-refractivity contribution is 9.11. The van der Waals surface area contributed by atoms with E-state index in [1.807, 2.05) is 12.1 Å². The molecule has 0 fully saturated rings. The first kappa shape index (κ1) is 16.8. The minimum absolute atomic E-state index is 0.0861. The van der Waals surface area contributed by atoms with Crippen molar-refractivity contribution < 1.29 is 8.42 Å². The summed E-state index contributed by atoms with van der Waals surface area (Å²) in [4.78, 5) is 1.19. The van der Waals surface area contributed by atoms with E-state index >= 15 is 0 Å². The Labute approximate surface area is 141 Å². The number of halogens is 2. The smallest absolute Gasteiger partial charge is 0.240 e. The van der Waals surface area contributed by atoms with Crippen LogP contribution < -0.4 is 10.5 Å². The van der Waals surface area contributed by atoms with Crippen LogP contribution in [0.4, 0.5) is 5.69 Å². The fourth-order valence-electron chi connectivity index (χ4n) is 1.71. The highest BCUT2D eigenvalue weighted by Gasteiger charge is 2.16. The predicted octanol–water partition coefficient (Wildman–Crippen LogP) is 3.58. The van der Waals surface area contributed by atoms with Gasteiger partial charge in [-0.05, 0) is 59.1 Å². The first-order valence-corrected chi connectivity index (χ1v) is 9.56. The molecule has 0 aliphatic heterocycles. The molecule has 0 unspecified atom stereocenters. The summed E-state index contributed by atoms with van der Waals surface area (Å²) in [6.45, 7) is 2.07. The van der Waals surface area contributed by atoms with Crippen LogP contribution in [0.25, 0.3) is 0 Å². The average Bonchev–Trinajstić information content (AvgIpc) is 2.81. The van der Waals surface area contributed by atoms with Crippen molar-refractivity contribution in [1.29, 1.82) is 0 Å². The van der Waals surface area contributed by atoms with Gasteiger partial charge >= 0.3 is 0 Å². The molecule has 114 valence electrons. The van der Waals surface area contributed by atoms with Crippen LogP contribution in [-0.2, 0) is 16.4 Å². The fraction of sp³-hybridized carbons (Fsp3) is 0.231. The molecule has 1 aromatic heterocycles. The molecule has 4 nitrogen and oxygen atoms in total. The van der Waals surface area contributed by atoms with E-state index in [-0.39, 0.29) is 4.90 Å². The number of nitrogens with one attached hydrogen (secondary N) is 1. The molecule has 1 heterocycles. The highest BCUT2D eigenvalue weighted by atomic mass is 79.9. The molecule has 0 saturated heterocycles. The largest absolute Gasteiger partial charge is 0.398 e. The third-order valence-electron chi connectivity index (χ3n) is 2.96. The third kappa shape index (κ3) is 4.20. The molecular formula is C13H14BrClN2O2S2. The van der Waals surface area contributed by atoms with E-state index in [1.165, 1.54) is 12.1 Å².